The SMILES string of the molecule is Sc1ccccc1Cc1ccccc1S. The zero-order valence-electron chi connectivity index (χ0n) is 8.22. The van der Waals surface area contributed by atoms with Gasteiger partial charge < -0.3 is 0 Å². The first-order valence-corrected chi connectivity index (χ1v) is 5.70. The lowest BCUT2D eigenvalue weighted by molar-refractivity contribution is 1.09. The Labute approximate surface area is 101 Å². The van der Waals surface area contributed by atoms with Gasteiger partial charge in [-0.1, -0.05) is 36.4 Å². The van der Waals surface area contributed by atoms with Gasteiger partial charge in [0, 0.05) is 9.79 Å². The van der Waals surface area contributed by atoms with Gasteiger partial charge in [-0.05, 0) is 29.7 Å². The Kier molecular flexibility index (Phi) is 3.39. The Hall–Kier alpha value is -0.860. The van der Waals surface area contributed by atoms with Crippen LogP contribution in [-0.4, -0.2) is 0 Å². The monoisotopic (exact) mass is 232 g/mol. The Bertz CT molecular complexity index is 420. The number of benzene rings is 2. The van der Waals surface area contributed by atoms with Crippen molar-refractivity contribution in [2.75, 3.05) is 0 Å². The minimum absolute atomic E-state index is 0.888. The van der Waals surface area contributed by atoms with Gasteiger partial charge in [-0.2, -0.15) is 0 Å². The van der Waals surface area contributed by atoms with E-state index in [1.165, 1.54) is 11.1 Å². The third kappa shape index (κ3) is 2.58. The van der Waals surface area contributed by atoms with E-state index in [9.17, 15) is 0 Å². The van der Waals surface area contributed by atoms with Gasteiger partial charge in [-0.25, -0.2) is 0 Å². The Balaban J connectivity index is 2.30. The molecule has 2 aromatic rings. The van der Waals surface area contributed by atoms with E-state index in [2.05, 4.69) is 37.4 Å². The van der Waals surface area contributed by atoms with E-state index in [1.807, 2.05) is 36.4 Å². The lowest BCUT2D eigenvalue weighted by Crippen LogP contribution is -1.90. The fourth-order valence-corrected chi connectivity index (χ4v) is 2.01. The van der Waals surface area contributed by atoms with E-state index < -0.39 is 0 Å². The smallest absolute Gasteiger partial charge is 0.00754 e. The van der Waals surface area contributed by atoms with Crippen molar-refractivity contribution in [3.8, 4) is 0 Å². The third-order valence-electron chi connectivity index (χ3n) is 2.36. The predicted octanol–water partition coefficient (Wildman–Crippen LogP) is 3.85. The molecule has 0 N–H and O–H groups in total. The molecule has 0 saturated carbocycles. The van der Waals surface area contributed by atoms with Crippen molar-refractivity contribution < 1.29 is 0 Å². The van der Waals surface area contributed by atoms with Gasteiger partial charge in [-0.15, -0.1) is 25.3 Å². The van der Waals surface area contributed by atoms with Crippen LogP contribution >= 0.6 is 25.3 Å². The first-order chi connectivity index (χ1) is 7.27. The van der Waals surface area contributed by atoms with Crippen LogP contribution in [0.3, 0.4) is 0 Å². The molecule has 0 aliphatic heterocycles. The molecule has 0 atom stereocenters. The molecule has 0 aliphatic rings. The van der Waals surface area contributed by atoms with Crippen molar-refractivity contribution in [3.63, 3.8) is 0 Å². The van der Waals surface area contributed by atoms with Crippen LogP contribution in [0.5, 0.6) is 0 Å². The zero-order valence-corrected chi connectivity index (χ0v) is 10.0. The minimum Gasteiger partial charge on any atom is -0.143 e. The van der Waals surface area contributed by atoms with Crippen molar-refractivity contribution in [1.29, 1.82) is 0 Å². The van der Waals surface area contributed by atoms with E-state index >= 15 is 0 Å². The average Bonchev–Trinajstić information content (AvgIpc) is 2.24. The minimum atomic E-state index is 0.888. The molecule has 0 nitrogen and oxygen atoms in total. The molecule has 0 aliphatic carbocycles. The summed E-state index contributed by atoms with van der Waals surface area (Å²) in [5, 5.41) is 0. The maximum Gasteiger partial charge on any atom is 0.00754 e. The van der Waals surface area contributed by atoms with E-state index in [4.69, 9.17) is 0 Å². The number of rotatable bonds is 2. The van der Waals surface area contributed by atoms with Crippen LogP contribution in [0.1, 0.15) is 11.1 Å². The van der Waals surface area contributed by atoms with Crippen LogP contribution in [0.4, 0.5) is 0 Å². The molecular formula is C13H12S2. The first kappa shape index (κ1) is 10.7. The number of hydrogen-bond donors (Lipinski definition) is 2. The van der Waals surface area contributed by atoms with Crippen molar-refractivity contribution in [2.24, 2.45) is 0 Å². The standard InChI is InChI=1S/C13H12S2/c14-12-7-3-1-5-10(12)9-11-6-2-4-8-13(11)15/h1-8,14-15H,9H2. The summed E-state index contributed by atoms with van der Waals surface area (Å²) >= 11 is 8.87. The van der Waals surface area contributed by atoms with E-state index in [1.54, 1.807) is 0 Å². The molecule has 0 spiro atoms. The second kappa shape index (κ2) is 4.77. The van der Waals surface area contributed by atoms with Crippen LogP contribution in [0, 0.1) is 0 Å². The van der Waals surface area contributed by atoms with Gasteiger partial charge in [0.2, 0.25) is 0 Å². The Morgan fingerprint density at radius 3 is 1.47 bits per heavy atom. The van der Waals surface area contributed by atoms with Gasteiger partial charge in [-0.3, -0.25) is 0 Å². The summed E-state index contributed by atoms with van der Waals surface area (Å²) in [6.45, 7) is 0. The normalized spacial score (nSPS) is 10.3. The topological polar surface area (TPSA) is 0 Å². The zero-order chi connectivity index (χ0) is 10.7. The molecule has 0 bridgehead atoms. The highest BCUT2D eigenvalue weighted by atomic mass is 32.1. The second-order valence-electron chi connectivity index (χ2n) is 3.43. The maximum absolute atomic E-state index is 4.44. The Morgan fingerprint density at radius 1 is 0.667 bits per heavy atom. The molecule has 0 aromatic heterocycles. The highest BCUT2D eigenvalue weighted by Crippen LogP contribution is 2.21. The lowest BCUT2D eigenvalue weighted by Gasteiger charge is -2.06. The molecule has 0 unspecified atom stereocenters. The fourth-order valence-electron chi connectivity index (χ4n) is 1.53. The van der Waals surface area contributed by atoms with Gasteiger partial charge in [0.05, 0.1) is 0 Å². The molecule has 0 saturated heterocycles. The van der Waals surface area contributed by atoms with Crippen LogP contribution in [0.25, 0.3) is 0 Å². The summed E-state index contributed by atoms with van der Waals surface area (Å²) in [6.07, 6.45) is 0.888. The van der Waals surface area contributed by atoms with Crippen molar-refractivity contribution in [2.45, 2.75) is 16.2 Å². The fraction of sp³-hybridized carbons (Fsp3) is 0.0769. The molecule has 0 amide bonds. The molecule has 2 aromatic carbocycles. The highest BCUT2D eigenvalue weighted by Gasteiger charge is 2.02. The van der Waals surface area contributed by atoms with Crippen LogP contribution < -0.4 is 0 Å². The second-order valence-corrected chi connectivity index (χ2v) is 4.40. The molecule has 15 heavy (non-hydrogen) atoms. The Morgan fingerprint density at radius 2 is 1.07 bits per heavy atom. The van der Waals surface area contributed by atoms with E-state index in [0.717, 1.165) is 16.2 Å². The van der Waals surface area contributed by atoms with Crippen LogP contribution in [0.2, 0.25) is 0 Å². The molecule has 0 fully saturated rings. The third-order valence-corrected chi connectivity index (χ3v) is 3.24. The maximum atomic E-state index is 4.44. The summed E-state index contributed by atoms with van der Waals surface area (Å²) in [5.41, 5.74) is 2.48. The van der Waals surface area contributed by atoms with Gasteiger partial charge >= 0.3 is 0 Å². The first-order valence-electron chi connectivity index (χ1n) is 4.81. The average molecular weight is 232 g/mol. The predicted molar refractivity (Wildman–Crippen MR) is 70.2 cm³/mol. The van der Waals surface area contributed by atoms with Crippen molar-refractivity contribution in [3.05, 3.63) is 59.7 Å². The number of thiol groups is 2. The molecular weight excluding hydrogens is 220 g/mol. The van der Waals surface area contributed by atoms with Gasteiger partial charge in [0.1, 0.15) is 0 Å². The largest absolute Gasteiger partial charge is 0.143 e. The summed E-state index contributed by atoms with van der Waals surface area (Å²) in [4.78, 5) is 2.07. The van der Waals surface area contributed by atoms with Gasteiger partial charge in [0.15, 0.2) is 0 Å². The van der Waals surface area contributed by atoms with Crippen molar-refractivity contribution in [1.82, 2.24) is 0 Å². The molecule has 0 heterocycles. The molecule has 76 valence electrons. The quantitative estimate of drug-likeness (QED) is 0.722. The molecule has 2 rings (SSSR count). The van der Waals surface area contributed by atoms with E-state index in [0.29, 0.717) is 0 Å². The summed E-state index contributed by atoms with van der Waals surface area (Å²) in [7, 11) is 0. The summed E-state index contributed by atoms with van der Waals surface area (Å²) in [6, 6.07) is 16.3. The summed E-state index contributed by atoms with van der Waals surface area (Å²) in [5.74, 6) is 0. The van der Waals surface area contributed by atoms with Crippen molar-refractivity contribution >= 4 is 25.3 Å². The summed E-state index contributed by atoms with van der Waals surface area (Å²) < 4.78 is 0. The molecule has 0 radical (unpaired) electrons. The molecule has 2 heteroatoms. The highest BCUT2D eigenvalue weighted by molar-refractivity contribution is 7.80. The number of hydrogen-bond acceptors (Lipinski definition) is 2. The van der Waals surface area contributed by atoms with E-state index in [-0.39, 0.29) is 0 Å². The van der Waals surface area contributed by atoms with Crippen LogP contribution in [-0.2, 0) is 6.42 Å². The van der Waals surface area contributed by atoms with Crippen LogP contribution in [0.15, 0.2) is 58.3 Å². The lowest BCUT2D eigenvalue weighted by atomic mass is 10.1. The van der Waals surface area contributed by atoms with Gasteiger partial charge in [0.25, 0.3) is 0 Å².